The van der Waals surface area contributed by atoms with E-state index in [1.165, 1.54) is 30.1 Å². The van der Waals surface area contributed by atoms with Crippen molar-refractivity contribution in [1.29, 1.82) is 0 Å². The monoisotopic (exact) mass is 549 g/mol. The number of nitrogens with zero attached hydrogens (tertiary/aromatic N) is 4. The molecule has 1 aromatic carbocycles. The molecule has 1 saturated heterocycles. The van der Waals surface area contributed by atoms with E-state index in [1.807, 2.05) is 13.8 Å². The second-order valence-electron chi connectivity index (χ2n) is 10.8. The van der Waals surface area contributed by atoms with Crippen LogP contribution in [0.2, 0.25) is 0 Å². The first-order chi connectivity index (χ1) is 18.1. The van der Waals surface area contributed by atoms with Gasteiger partial charge in [0.25, 0.3) is 0 Å². The zero-order valence-electron chi connectivity index (χ0n) is 21.8. The summed E-state index contributed by atoms with van der Waals surface area (Å²) in [5.41, 5.74) is 5.43. The molecule has 2 aromatic rings. The molecule has 14 heteroatoms. The fourth-order valence-corrected chi connectivity index (χ4v) is 5.57. The third-order valence-corrected chi connectivity index (χ3v) is 7.61. The third-order valence-electron chi connectivity index (χ3n) is 7.61. The number of nitrogens with two attached hydrogens (primary N) is 1. The van der Waals surface area contributed by atoms with E-state index in [2.05, 4.69) is 15.5 Å². The maximum Gasteiger partial charge on any atom is 0.471 e. The highest BCUT2D eigenvalue weighted by atomic mass is 19.4. The molecule has 1 aliphatic carbocycles. The van der Waals surface area contributed by atoms with Crippen molar-refractivity contribution >= 4 is 34.4 Å². The van der Waals surface area contributed by atoms with E-state index < -0.39 is 47.9 Å². The highest BCUT2D eigenvalue weighted by molar-refractivity contribution is 5.97. The number of nitrogens with one attached hydrogen (secondary N) is 2. The Labute approximate surface area is 222 Å². The minimum absolute atomic E-state index is 0.0973. The SMILES string of the molecule is CN(C)CC(NC(=O)C(F)(F)F)C(=O)N1C[C@H]2[C@@H]([C@H]1C(=O)NC(C(N)=O)c1nncc3ccccc13)C2(C)C. The summed E-state index contributed by atoms with van der Waals surface area (Å²) in [6, 6.07) is 2.91. The summed E-state index contributed by atoms with van der Waals surface area (Å²) in [6.45, 7) is 3.74. The topological polar surface area (TPSA) is 151 Å². The van der Waals surface area contributed by atoms with Crippen molar-refractivity contribution in [1.82, 2.24) is 30.6 Å². The molecule has 5 atom stereocenters. The minimum Gasteiger partial charge on any atom is -0.368 e. The van der Waals surface area contributed by atoms with Gasteiger partial charge in [-0.05, 0) is 31.3 Å². The van der Waals surface area contributed by atoms with Crippen LogP contribution in [-0.4, -0.2) is 89.1 Å². The molecule has 2 heterocycles. The first-order valence-electron chi connectivity index (χ1n) is 12.3. The molecule has 11 nitrogen and oxygen atoms in total. The van der Waals surface area contributed by atoms with Crippen LogP contribution in [0.4, 0.5) is 13.2 Å². The van der Waals surface area contributed by atoms with Gasteiger partial charge in [0.05, 0.1) is 6.20 Å². The minimum atomic E-state index is -5.19. The van der Waals surface area contributed by atoms with E-state index in [0.29, 0.717) is 10.8 Å². The number of piperidine rings is 1. The van der Waals surface area contributed by atoms with Crippen LogP contribution >= 0.6 is 0 Å². The van der Waals surface area contributed by atoms with Gasteiger partial charge in [-0.1, -0.05) is 38.1 Å². The Hall–Kier alpha value is -3.81. The van der Waals surface area contributed by atoms with E-state index in [1.54, 1.807) is 29.6 Å². The number of hydrogen-bond donors (Lipinski definition) is 3. The maximum absolute atomic E-state index is 13.7. The quantitative estimate of drug-likeness (QED) is 0.430. The molecule has 1 aromatic heterocycles. The van der Waals surface area contributed by atoms with Gasteiger partial charge in [0.15, 0.2) is 6.04 Å². The molecule has 2 unspecified atom stereocenters. The molecule has 2 fully saturated rings. The van der Waals surface area contributed by atoms with Crippen LogP contribution in [0, 0.1) is 17.3 Å². The summed E-state index contributed by atoms with van der Waals surface area (Å²) in [4.78, 5) is 54.0. The van der Waals surface area contributed by atoms with Crippen LogP contribution in [0.1, 0.15) is 25.6 Å². The fourth-order valence-electron chi connectivity index (χ4n) is 5.57. The molecule has 0 spiro atoms. The number of likely N-dealkylation sites (tertiary alicyclic amines) is 1. The van der Waals surface area contributed by atoms with Gasteiger partial charge >= 0.3 is 12.1 Å². The van der Waals surface area contributed by atoms with Crippen molar-refractivity contribution in [3.63, 3.8) is 0 Å². The lowest BCUT2D eigenvalue weighted by Crippen LogP contribution is -2.59. The highest BCUT2D eigenvalue weighted by Gasteiger charge is 2.69. The van der Waals surface area contributed by atoms with Crippen molar-refractivity contribution in [2.75, 3.05) is 27.2 Å². The van der Waals surface area contributed by atoms with Gasteiger partial charge in [0.2, 0.25) is 17.7 Å². The number of aromatic nitrogens is 2. The van der Waals surface area contributed by atoms with Gasteiger partial charge in [-0.3, -0.25) is 19.2 Å². The first kappa shape index (κ1) is 28.2. The number of amides is 4. The van der Waals surface area contributed by atoms with Gasteiger partial charge < -0.3 is 26.2 Å². The molecule has 0 bridgehead atoms. The number of likely N-dealkylation sites (N-methyl/N-ethyl adjacent to an activating group) is 1. The summed E-state index contributed by atoms with van der Waals surface area (Å²) in [6.07, 6.45) is -3.70. The number of benzene rings is 1. The zero-order chi connectivity index (χ0) is 28.9. The number of rotatable bonds is 8. The predicted molar refractivity (Wildman–Crippen MR) is 132 cm³/mol. The van der Waals surface area contributed by atoms with E-state index in [9.17, 15) is 32.3 Å². The van der Waals surface area contributed by atoms with Gasteiger partial charge in [-0.15, -0.1) is 0 Å². The Morgan fingerprint density at radius 3 is 2.46 bits per heavy atom. The number of carbonyl (C=O) groups is 4. The lowest BCUT2D eigenvalue weighted by molar-refractivity contribution is -0.175. The second kappa shape index (κ2) is 10.1. The van der Waals surface area contributed by atoms with Crippen molar-refractivity contribution in [3.8, 4) is 0 Å². The Bertz CT molecular complexity index is 1310. The third kappa shape index (κ3) is 5.37. The summed E-state index contributed by atoms with van der Waals surface area (Å²) in [5, 5.41) is 13.5. The lowest BCUT2D eigenvalue weighted by atomic mass is 9.98. The normalized spacial score (nSPS) is 23.2. The molecule has 2 aliphatic rings. The Morgan fingerprint density at radius 2 is 1.85 bits per heavy atom. The largest absolute Gasteiger partial charge is 0.471 e. The van der Waals surface area contributed by atoms with Crippen LogP contribution < -0.4 is 16.4 Å². The number of halogens is 3. The average molecular weight is 550 g/mol. The average Bonchev–Trinajstić information content (AvgIpc) is 3.17. The van der Waals surface area contributed by atoms with E-state index in [0.717, 1.165) is 0 Å². The first-order valence-corrected chi connectivity index (χ1v) is 12.3. The molecule has 39 heavy (non-hydrogen) atoms. The van der Waals surface area contributed by atoms with Crippen LogP contribution in [0.5, 0.6) is 0 Å². The van der Waals surface area contributed by atoms with Gasteiger partial charge in [0.1, 0.15) is 17.8 Å². The standard InChI is InChI=1S/C25H30F3N7O4/c1-24(2)14-10-35(22(38)15(11-34(3)4)31-23(39)25(26,27)28)19(16(14)24)21(37)32-18(20(29)36)17-13-8-6-5-7-12(13)9-30-33-17/h5-9,14-16,18-19H,10-11H2,1-4H3,(H2,29,36)(H,31,39)(H,32,37)/t14-,15?,16-,18?,19-/m0/s1. The number of carbonyl (C=O) groups excluding carboxylic acids is 4. The number of alkyl halides is 3. The van der Waals surface area contributed by atoms with Gasteiger partial charge in [-0.2, -0.15) is 23.4 Å². The molecule has 4 amide bonds. The highest BCUT2D eigenvalue weighted by Crippen LogP contribution is 2.65. The molecule has 4 rings (SSSR count). The molecular formula is C25H30F3N7O4. The number of primary amides is 1. The van der Waals surface area contributed by atoms with Gasteiger partial charge in [0, 0.05) is 23.9 Å². The van der Waals surface area contributed by atoms with Crippen molar-refractivity contribution < 1.29 is 32.3 Å². The molecular weight excluding hydrogens is 519 g/mol. The van der Waals surface area contributed by atoms with E-state index in [-0.39, 0.29) is 36.0 Å². The van der Waals surface area contributed by atoms with Crippen molar-refractivity contribution in [2.24, 2.45) is 23.0 Å². The Kier molecular flexibility index (Phi) is 7.27. The molecule has 1 aliphatic heterocycles. The van der Waals surface area contributed by atoms with E-state index in [4.69, 9.17) is 5.73 Å². The van der Waals surface area contributed by atoms with E-state index >= 15 is 0 Å². The predicted octanol–water partition coefficient (Wildman–Crippen LogP) is 0.364. The molecule has 210 valence electrons. The fraction of sp³-hybridized carbons (Fsp3) is 0.520. The summed E-state index contributed by atoms with van der Waals surface area (Å²) in [5.74, 6) is -5.10. The molecule has 1 saturated carbocycles. The Morgan fingerprint density at radius 1 is 1.18 bits per heavy atom. The number of fused-ring (bicyclic) bond motifs is 2. The summed E-state index contributed by atoms with van der Waals surface area (Å²) >= 11 is 0. The lowest BCUT2D eigenvalue weighted by Gasteiger charge is -2.34. The Balaban J connectivity index is 1.63. The zero-order valence-corrected chi connectivity index (χ0v) is 21.8. The van der Waals surface area contributed by atoms with Crippen LogP contribution in [0.3, 0.4) is 0 Å². The smallest absolute Gasteiger partial charge is 0.368 e. The van der Waals surface area contributed by atoms with Crippen LogP contribution in [-0.2, 0) is 19.2 Å². The van der Waals surface area contributed by atoms with Crippen LogP contribution in [0.15, 0.2) is 30.5 Å². The number of hydrogen-bond acceptors (Lipinski definition) is 7. The second-order valence-corrected chi connectivity index (χ2v) is 10.8. The molecule has 0 radical (unpaired) electrons. The molecule has 4 N–H and O–H groups in total. The summed E-state index contributed by atoms with van der Waals surface area (Å²) in [7, 11) is 3.08. The maximum atomic E-state index is 13.7. The van der Waals surface area contributed by atoms with Crippen LogP contribution in [0.25, 0.3) is 10.8 Å². The van der Waals surface area contributed by atoms with Gasteiger partial charge in [-0.25, -0.2) is 0 Å². The van der Waals surface area contributed by atoms with Crippen molar-refractivity contribution in [2.45, 2.75) is 38.1 Å². The summed E-state index contributed by atoms with van der Waals surface area (Å²) < 4.78 is 39.0. The van der Waals surface area contributed by atoms with Crippen molar-refractivity contribution in [3.05, 3.63) is 36.2 Å².